The highest BCUT2D eigenvalue weighted by Gasteiger charge is 2.34. The van der Waals surface area contributed by atoms with E-state index in [-0.39, 0.29) is 5.91 Å². The van der Waals surface area contributed by atoms with E-state index in [0.29, 0.717) is 18.0 Å². The van der Waals surface area contributed by atoms with Gasteiger partial charge in [0.2, 0.25) is 5.91 Å². The summed E-state index contributed by atoms with van der Waals surface area (Å²) in [7, 11) is 0. The van der Waals surface area contributed by atoms with Crippen LogP contribution in [0.3, 0.4) is 0 Å². The standard InChI is InChI=1S/C17H22F3N3O/c18-17(19,20)14-3-1-13(2-4-14)15-16(24)22-9-10-23(15)11-12-5-7-21-8-6-12/h1-4,12,15,21H,5-11H2,(H,22,24). The minimum Gasteiger partial charge on any atom is -0.353 e. The molecule has 1 atom stereocenters. The lowest BCUT2D eigenvalue weighted by Gasteiger charge is -2.38. The Labute approximate surface area is 139 Å². The van der Waals surface area contributed by atoms with Crippen molar-refractivity contribution in [3.63, 3.8) is 0 Å². The molecule has 2 saturated heterocycles. The highest BCUT2D eigenvalue weighted by molar-refractivity contribution is 5.83. The van der Waals surface area contributed by atoms with Gasteiger partial charge >= 0.3 is 6.18 Å². The van der Waals surface area contributed by atoms with E-state index in [2.05, 4.69) is 15.5 Å². The minimum atomic E-state index is -4.36. The van der Waals surface area contributed by atoms with E-state index in [1.807, 2.05) is 0 Å². The van der Waals surface area contributed by atoms with Gasteiger partial charge < -0.3 is 10.6 Å². The normalized spacial score (nSPS) is 24.0. The van der Waals surface area contributed by atoms with Gasteiger partial charge in [0, 0.05) is 19.6 Å². The maximum atomic E-state index is 12.7. The lowest BCUT2D eigenvalue weighted by Crippen LogP contribution is -2.51. The zero-order valence-electron chi connectivity index (χ0n) is 13.4. The van der Waals surface area contributed by atoms with E-state index in [1.54, 1.807) is 0 Å². The highest BCUT2D eigenvalue weighted by Crippen LogP contribution is 2.32. The Morgan fingerprint density at radius 1 is 1.08 bits per heavy atom. The number of carbonyl (C=O) groups excluding carboxylic acids is 1. The number of nitrogens with one attached hydrogen (secondary N) is 2. The number of rotatable bonds is 3. The van der Waals surface area contributed by atoms with Crippen molar-refractivity contribution in [3.05, 3.63) is 35.4 Å². The third-order valence-corrected chi connectivity index (χ3v) is 4.82. The Hall–Kier alpha value is -1.60. The van der Waals surface area contributed by atoms with Crippen molar-refractivity contribution in [2.24, 2.45) is 5.92 Å². The smallest absolute Gasteiger partial charge is 0.353 e. The molecule has 0 spiro atoms. The van der Waals surface area contributed by atoms with Crippen LogP contribution < -0.4 is 10.6 Å². The van der Waals surface area contributed by atoms with Crippen LogP contribution in [0.4, 0.5) is 13.2 Å². The SMILES string of the molecule is O=C1NCCN(CC2CCNCC2)C1c1ccc(C(F)(F)F)cc1. The molecule has 0 saturated carbocycles. The summed E-state index contributed by atoms with van der Waals surface area (Å²) in [5, 5.41) is 6.15. The number of nitrogens with zero attached hydrogens (tertiary/aromatic N) is 1. The number of alkyl halides is 3. The monoisotopic (exact) mass is 341 g/mol. The molecule has 1 aromatic carbocycles. The van der Waals surface area contributed by atoms with Crippen LogP contribution in [0.1, 0.15) is 30.0 Å². The first kappa shape index (κ1) is 17.2. The van der Waals surface area contributed by atoms with Gasteiger partial charge in [-0.1, -0.05) is 12.1 Å². The topological polar surface area (TPSA) is 44.4 Å². The molecule has 132 valence electrons. The molecule has 2 N–H and O–H groups in total. The Balaban J connectivity index is 1.77. The number of piperidine rings is 1. The van der Waals surface area contributed by atoms with Gasteiger partial charge in [0.25, 0.3) is 0 Å². The average Bonchev–Trinajstić information content (AvgIpc) is 2.55. The molecule has 0 aromatic heterocycles. The molecule has 1 aromatic rings. The molecule has 0 radical (unpaired) electrons. The molecule has 0 aliphatic carbocycles. The quantitative estimate of drug-likeness (QED) is 0.886. The summed E-state index contributed by atoms with van der Waals surface area (Å²) in [4.78, 5) is 14.4. The maximum Gasteiger partial charge on any atom is 0.416 e. The van der Waals surface area contributed by atoms with Gasteiger partial charge in [-0.3, -0.25) is 9.69 Å². The molecule has 24 heavy (non-hydrogen) atoms. The lowest BCUT2D eigenvalue weighted by molar-refractivity contribution is -0.137. The van der Waals surface area contributed by atoms with E-state index in [4.69, 9.17) is 0 Å². The summed E-state index contributed by atoms with van der Waals surface area (Å²) >= 11 is 0. The molecule has 2 heterocycles. The van der Waals surface area contributed by atoms with Crippen LogP contribution >= 0.6 is 0 Å². The lowest BCUT2D eigenvalue weighted by atomic mass is 9.94. The predicted molar refractivity (Wildman–Crippen MR) is 84.4 cm³/mol. The van der Waals surface area contributed by atoms with Gasteiger partial charge in [-0.15, -0.1) is 0 Å². The van der Waals surface area contributed by atoms with Gasteiger partial charge in [0.05, 0.1) is 5.56 Å². The molecule has 2 fully saturated rings. The number of halogens is 3. The summed E-state index contributed by atoms with van der Waals surface area (Å²) in [5.41, 5.74) is -0.0680. The zero-order valence-corrected chi connectivity index (χ0v) is 13.4. The Morgan fingerprint density at radius 2 is 1.75 bits per heavy atom. The largest absolute Gasteiger partial charge is 0.416 e. The molecule has 2 aliphatic heterocycles. The van der Waals surface area contributed by atoms with Crippen molar-refractivity contribution in [2.75, 3.05) is 32.7 Å². The van der Waals surface area contributed by atoms with Crippen LogP contribution in [0, 0.1) is 5.92 Å². The number of carbonyl (C=O) groups is 1. The van der Waals surface area contributed by atoms with Crippen LogP contribution in [0.15, 0.2) is 24.3 Å². The van der Waals surface area contributed by atoms with Crippen molar-refractivity contribution in [3.8, 4) is 0 Å². The molecule has 4 nitrogen and oxygen atoms in total. The Kier molecular flexibility index (Phi) is 5.10. The van der Waals surface area contributed by atoms with Gasteiger partial charge in [-0.2, -0.15) is 13.2 Å². The van der Waals surface area contributed by atoms with Crippen molar-refractivity contribution in [2.45, 2.75) is 25.1 Å². The molecule has 1 amide bonds. The first-order valence-electron chi connectivity index (χ1n) is 8.35. The van der Waals surface area contributed by atoms with Crippen LogP contribution in [0.5, 0.6) is 0 Å². The molecular weight excluding hydrogens is 319 g/mol. The molecular formula is C17H22F3N3O. The van der Waals surface area contributed by atoms with E-state index in [9.17, 15) is 18.0 Å². The third kappa shape index (κ3) is 3.89. The van der Waals surface area contributed by atoms with Crippen molar-refractivity contribution in [1.82, 2.24) is 15.5 Å². The Morgan fingerprint density at radius 3 is 2.38 bits per heavy atom. The second kappa shape index (κ2) is 7.11. The van der Waals surface area contributed by atoms with Crippen LogP contribution in [-0.2, 0) is 11.0 Å². The van der Waals surface area contributed by atoms with Crippen LogP contribution in [0.2, 0.25) is 0 Å². The number of benzene rings is 1. The van der Waals surface area contributed by atoms with Crippen molar-refractivity contribution < 1.29 is 18.0 Å². The number of amides is 1. The predicted octanol–water partition coefficient (Wildman–Crippen LogP) is 2.18. The number of hydrogen-bond acceptors (Lipinski definition) is 3. The maximum absolute atomic E-state index is 12.7. The molecule has 2 aliphatic rings. The fraction of sp³-hybridized carbons (Fsp3) is 0.588. The number of piperazine rings is 1. The first-order valence-corrected chi connectivity index (χ1v) is 8.35. The van der Waals surface area contributed by atoms with E-state index < -0.39 is 17.8 Å². The van der Waals surface area contributed by atoms with Gasteiger partial charge in [-0.05, 0) is 49.5 Å². The van der Waals surface area contributed by atoms with Crippen LogP contribution in [0.25, 0.3) is 0 Å². The van der Waals surface area contributed by atoms with E-state index in [1.165, 1.54) is 12.1 Å². The second-order valence-corrected chi connectivity index (χ2v) is 6.50. The summed E-state index contributed by atoms with van der Waals surface area (Å²) < 4.78 is 38.2. The summed E-state index contributed by atoms with van der Waals surface area (Å²) in [5.74, 6) is 0.393. The second-order valence-electron chi connectivity index (χ2n) is 6.50. The van der Waals surface area contributed by atoms with Gasteiger partial charge in [0.15, 0.2) is 0 Å². The van der Waals surface area contributed by atoms with Crippen molar-refractivity contribution >= 4 is 5.91 Å². The summed E-state index contributed by atoms with van der Waals surface area (Å²) in [6.45, 7) is 4.08. The third-order valence-electron chi connectivity index (χ3n) is 4.82. The Bertz CT molecular complexity index is 567. The highest BCUT2D eigenvalue weighted by atomic mass is 19.4. The average molecular weight is 341 g/mol. The first-order chi connectivity index (χ1) is 11.4. The van der Waals surface area contributed by atoms with Gasteiger partial charge in [0.1, 0.15) is 6.04 Å². The molecule has 1 unspecified atom stereocenters. The molecule has 7 heteroatoms. The molecule has 3 rings (SSSR count). The van der Waals surface area contributed by atoms with E-state index >= 15 is 0 Å². The fourth-order valence-corrected chi connectivity index (χ4v) is 3.52. The minimum absolute atomic E-state index is 0.130. The summed E-state index contributed by atoms with van der Waals surface area (Å²) in [6, 6.07) is 4.46. The molecule has 0 bridgehead atoms. The zero-order chi connectivity index (χ0) is 17.2. The van der Waals surface area contributed by atoms with Crippen LogP contribution in [-0.4, -0.2) is 43.5 Å². The fourth-order valence-electron chi connectivity index (χ4n) is 3.52. The summed E-state index contributed by atoms with van der Waals surface area (Å²) in [6.07, 6.45) is -2.22. The van der Waals surface area contributed by atoms with Gasteiger partial charge in [-0.25, -0.2) is 0 Å². The van der Waals surface area contributed by atoms with E-state index in [0.717, 1.165) is 51.2 Å². The van der Waals surface area contributed by atoms with Crippen molar-refractivity contribution in [1.29, 1.82) is 0 Å². The number of hydrogen-bond donors (Lipinski definition) is 2.